The summed E-state index contributed by atoms with van der Waals surface area (Å²) in [5, 5.41) is 0. The van der Waals surface area contributed by atoms with E-state index in [-0.39, 0.29) is 24.5 Å². The zero-order valence-electron chi connectivity index (χ0n) is 22.8. The standard InChI is InChI=1S/C29H36O9/c1-7-8-9-10-24(30)38-27-18-14-21(33-3)20(32-2)13-17(18)25(26-19(27)15-37-29(26)31)16-11-22(34-4)28(36-6)23(12-16)35-5/h11-14,19,25-27H,7-10,15H2,1-6H3/t19-,25+,26-,27-/m0/s1. The first-order chi connectivity index (χ1) is 18.4. The maximum absolute atomic E-state index is 13.2. The molecule has 0 saturated carbocycles. The molecule has 0 aromatic heterocycles. The van der Waals surface area contributed by atoms with Gasteiger partial charge in [-0.3, -0.25) is 9.59 Å². The summed E-state index contributed by atoms with van der Waals surface area (Å²) in [6, 6.07) is 7.36. The van der Waals surface area contributed by atoms with Crippen molar-refractivity contribution in [1.29, 1.82) is 0 Å². The fraction of sp³-hybridized carbons (Fsp3) is 0.517. The summed E-state index contributed by atoms with van der Waals surface area (Å²) in [5.74, 6) is 0.318. The Morgan fingerprint density at radius 2 is 1.45 bits per heavy atom. The summed E-state index contributed by atoms with van der Waals surface area (Å²) in [6.45, 7) is 2.23. The number of unbranched alkanes of at least 4 members (excludes halogenated alkanes) is 2. The molecule has 1 aliphatic heterocycles. The molecular weight excluding hydrogens is 492 g/mol. The highest BCUT2D eigenvalue weighted by Crippen LogP contribution is 2.56. The van der Waals surface area contributed by atoms with Gasteiger partial charge in [-0.15, -0.1) is 0 Å². The number of carbonyl (C=O) groups excluding carboxylic acids is 2. The molecule has 206 valence electrons. The quantitative estimate of drug-likeness (QED) is 0.300. The Morgan fingerprint density at radius 1 is 0.842 bits per heavy atom. The maximum Gasteiger partial charge on any atom is 0.310 e. The predicted molar refractivity (Wildman–Crippen MR) is 138 cm³/mol. The number of carbonyl (C=O) groups is 2. The van der Waals surface area contributed by atoms with Crippen molar-refractivity contribution in [2.45, 2.75) is 44.6 Å². The van der Waals surface area contributed by atoms with E-state index in [1.807, 2.05) is 24.3 Å². The molecule has 1 heterocycles. The molecule has 4 rings (SSSR count). The molecule has 2 aliphatic rings. The van der Waals surface area contributed by atoms with Gasteiger partial charge in [0.25, 0.3) is 0 Å². The fourth-order valence-corrected chi connectivity index (χ4v) is 5.60. The highest BCUT2D eigenvalue weighted by atomic mass is 16.6. The lowest BCUT2D eigenvalue weighted by molar-refractivity contribution is -0.154. The van der Waals surface area contributed by atoms with Gasteiger partial charge in [-0.05, 0) is 41.8 Å². The number of cyclic esters (lactones) is 1. The number of methoxy groups -OCH3 is 5. The van der Waals surface area contributed by atoms with Crippen molar-refractivity contribution in [3.63, 3.8) is 0 Å². The van der Waals surface area contributed by atoms with Crippen LogP contribution in [0.15, 0.2) is 24.3 Å². The van der Waals surface area contributed by atoms with Gasteiger partial charge in [0.05, 0.1) is 48.1 Å². The molecular formula is C29H36O9. The van der Waals surface area contributed by atoms with Crippen LogP contribution in [0.25, 0.3) is 0 Å². The molecule has 2 aromatic rings. The maximum atomic E-state index is 13.2. The van der Waals surface area contributed by atoms with E-state index in [4.69, 9.17) is 33.2 Å². The third-order valence-electron chi connectivity index (χ3n) is 7.42. The minimum atomic E-state index is -0.673. The summed E-state index contributed by atoms with van der Waals surface area (Å²) in [4.78, 5) is 26.1. The fourth-order valence-electron chi connectivity index (χ4n) is 5.60. The smallest absolute Gasteiger partial charge is 0.310 e. The predicted octanol–water partition coefficient (Wildman–Crippen LogP) is 4.83. The second-order valence-corrected chi connectivity index (χ2v) is 9.46. The largest absolute Gasteiger partial charge is 0.493 e. The third kappa shape index (κ3) is 4.93. The molecule has 38 heavy (non-hydrogen) atoms. The Morgan fingerprint density at radius 3 is 2.00 bits per heavy atom. The Hall–Kier alpha value is -3.62. The van der Waals surface area contributed by atoms with E-state index in [0.29, 0.717) is 35.2 Å². The second-order valence-electron chi connectivity index (χ2n) is 9.46. The lowest BCUT2D eigenvalue weighted by Gasteiger charge is -2.39. The van der Waals surface area contributed by atoms with E-state index < -0.39 is 17.9 Å². The molecule has 1 aliphatic carbocycles. The van der Waals surface area contributed by atoms with E-state index in [0.717, 1.165) is 36.0 Å². The monoisotopic (exact) mass is 528 g/mol. The van der Waals surface area contributed by atoms with Gasteiger partial charge in [-0.2, -0.15) is 0 Å². The number of ether oxygens (including phenoxy) is 7. The van der Waals surface area contributed by atoms with Crippen molar-refractivity contribution in [3.8, 4) is 28.7 Å². The van der Waals surface area contributed by atoms with E-state index in [2.05, 4.69) is 6.92 Å². The van der Waals surface area contributed by atoms with Crippen molar-refractivity contribution in [2.75, 3.05) is 42.2 Å². The molecule has 0 bridgehead atoms. The Labute approximate surface area is 223 Å². The molecule has 2 aromatic carbocycles. The van der Waals surface area contributed by atoms with Gasteiger partial charge in [0, 0.05) is 23.8 Å². The summed E-state index contributed by atoms with van der Waals surface area (Å²) in [6.07, 6.45) is 2.33. The van der Waals surface area contributed by atoms with E-state index in [9.17, 15) is 9.59 Å². The van der Waals surface area contributed by atoms with Crippen LogP contribution in [-0.4, -0.2) is 54.1 Å². The first-order valence-corrected chi connectivity index (χ1v) is 12.8. The molecule has 0 radical (unpaired) electrons. The number of rotatable bonds is 11. The number of hydrogen-bond acceptors (Lipinski definition) is 9. The van der Waals surface area contributed by atoms with Crippen molar-refractivity contribution >= 4 is 11.9 Å². The molecule has 1 fully saturated rings. The lowest BCUT2D eigenvalue weighted by atomic mass is 9.66. The van der Waals surface area contributed by atoms with Gasteiger partial charge in [0.2, 0.25) is 5.75 Å². The number of benzene rings is 2. The zero-order chi connectivity index (χ0) is 27.4. The first-order valence-electron chi connectivity index (χ1n) is 12.8. The molecule has 0 N–H and O–H groups in total. The summed E-state index contributed by atoms with van der Waals surface area (Å²) < 4.78 is 39.6. The Bertz CT molecular complexity index is 1150. The first kappa shape index (κ1) is 27.4. The van der Waals surface area contributed by atoms with Gasteiger partial charge >= 0.3 is 11.9 Å². The summed E-state index contributed by atoms with van der Waals surface area (Å²) >= 11 is 0. The molecule has 9 heteroatoms. The third-order valence-corrected chi connectivity index (χ3v) is 7.42. The van der Waals surface area contributed by atoms with Crippen molar-refractivity contribution in [2.24, 2.45) is 11.8 Å². The van der Waals surface area contributed by atoms with Gasteiger partial charge in [-0.1, -0.05) is 19.8 Å². The summed E-state index contributed by atoms with van der Waals surface area (Å²) in [7, 11) is 7.74. The van der Waals surface area contributed by atoms with Crippen molar-refractivity contribution < 1.29 is 42.7 Å². The van der Waals surface area contributed by atoms with Crippen LogP contribution >= 0.6 is 0 Å². The summed E-state index contributed by atoms with van der Waals surface area (Å²) in [5.41, 5.74) is 2.31. The van der Waals surface area contributed by atoms with Crippen LogP contribution in [0, 0.1) is 11.8 Å². The van der Waals surface area contributed by atoms with Gasteiger partial charge in [-0.25, -0.2) is 0 Å². The van der Waals surface area contributed by atoms with Crippen molar-refractivity contribution in [1.82, 2.24) is 0 Å². The van der Waals surface area contributed by atoms with E-state index >= 15 is 0 Å². The SMILES string of the molecule is CCCCCC(=O)O[C@H]1c2cc(OC)c(OC)cc2[C@@H](c2cc(OC)c(OC)c(OC)c2)[C@H]2C(=O)OC[C@@H]21. The minimum Gasteiger partial charge on any atom is -0.493 e. The minimum absolute atomic E-state index is 0.144. The zero-order valence-corrected chi connectivity index (χ0v) is 22.8. The Kier molecular flexibility index (Phi) is 8.54. The molecule has 0 unspecified atom stereocenters. The molecule has 4 atom stereocenters. The molecule has 1 saturated heterocycles. The van der Waals surface area contributed by atoms with Crippen molar-refractivity contribution in [3.05, 3.63) is 41.0 Å². The van der Waals surface area contributed by atoms with Gasteiger partial charge < -0.3 is 33.2 Å². The highest BCUT2D eigenvalue weighted by Gasteiger charge is 2.54. The molecule has 0 spiro atoms. The van der Waals surface area contributed by atoms with Crippen LogP contribution in [-0.2, 0) is 19.1 Å². The number of fused-ring (bicyclic) bond motifs is 2. The van der Waals surface area contributed by atoms with Gasteiger partial charge in [0.15, 0.2) is 23.0 Å². The average molecular weight is 529 g/mol. The molecule has 0 amide bonds. The lowest BCUT2D eigenvalue weighted by Crippen LogP contribution is -2.36. The Balaban J connectivity index is 1.90. The van der Waals surface area contributed by atoms with Gasteiger partial charge in [0.1, 0.15) is 6.10 Å². The topological polar surface area (TPSA) is 98.8 Å². The van der Waals surface area contributed by atoms with E-state index in [1.54, 1.807) is 28.4 Å². The van der Waals surface area contributed by atoms with Crippen LogP contribution in [0.2, 0.25) is 0 Å². The second kappa shape index (κ2) is 11.8. The van der Waals surface area contributed by atoms with Crippen LogP contribution in [0.4, 0.5) is 0 Å². The van der Waals surface area contributed by atoms with Crippen LogP contribution in [0.3, 0.4) is 0 Å². The van der Waals surface area contributed by atoms with E-state index in [1.165, 1.54) is 7.11 Å². The normalized spacial score (nSPS) is 21.6. The van der Waals surface area contributed by atoms with Crippen LogP contribution in [0.5, 0.6) is 28.7 Å². The van der Waals surface area contributed by atoms with Crippen LogP contribution < -0.4 is 23.7 Å². The number of hydrogen-bond donors (Lipinski definition) is 0. The molecule has 9 nitrogen and oxygen atoms in total. The average Bonchev–Trinajstić information content (AvgIpc) is 3.32. The van der Waals surface area contributed by atoms with Crippen LogP contribution in [0.1, 0.15) is 61.3 Å². The highest BCUT2D eigenvalue weighted by molar-refractivity contribution is 5.79. The number of esters is 2.